The fraction of sp³-hybridized carbons (Fsp3) is 0.800. The van der Waals surface area contributed by atoms with E-state index in [1.807, 2.05) is 6.92 Å². The summed E-state index contributed by atoms with van der Waals surface area (Å²) in [6, 6.07) is 0. The van der Waals surface area contributed by atoms with Gasteiger partial charge in [0.05, 0.1) is 6.10 Å². The smallest absolute Gasteiger partial charge is 0.138 e. The molecule has 2 unspecified atom stereocenters. The van der Waals surface area contributed by atoms with Crippen LogP contribution in [0.15, 0.2) is 12.2 Å². The predicted octanol–water partition coefficient (Wildman–Crippen LogP) is 3.88. The summed E-state index contributed by atoms with van der Waals surface area (Å²) < 4.78 is 0. The molecular formula is C15H28O2. The highest BCUT2D eigenvalue weighted by molar-refractivity contribution is 5.81. The maximum atomic E-state index is 11.8. The van der Waals surface area contributed by atoms with Crippen LogP contribution in [-0.4, -0.2) is 17.0 Å². The zero-order chi connectivity index (χ0) is 13.1. The molecule has 2 atom stereocenters. The van der Waals surface area contributed by atoms with Crippen LogP contribution in [0.5, 0.6) is 0 Å². The molecule has 0 fully saturated rings. The van der Waals surface area contributed by atoms with Gasteiger partial charge < -0.3 is 5.11 Å². The molecule has 1 N–H and O–H groups in total. The third kappa shape index (κ3) is 7.32. The van der Waals surface area contributed by atoms with Crippen molar-refractivity contribution in [2.75, 3.05) is 0 Å². The summed E-state index contributed by atoms with van der Waals surface area (Å²) in [4.78, 5) is 11.8. The van der Waals surface area contributed by atoms with Crippen molar-refractivity contribution in [2.45, 2.75) is 71.8 Å². The van der Waals surface area contributed by atoms with E-state index >= 15 is 0 Å². The van der Waals surface area contributed by atoms with E-state index in [0.717, 1.165) is 32.1 Å². The maximum absolute atomic E-state index is 11.8. The molecule has 0 saturated carbocycles. The van der Waals surface area contributed by atoms with E-state index in [9.17, 15) is 9.90 Å². The number of unbranched alkanes of at least 4 members (excludes halogenated alkanes) is 1. The second-order valence-electron chi connectivity index (χ2n) is 4.59. The van der Waals surface area contributed by atoms with Crippen LogP contribution in [-0.2, 0) is 4.79 Å². The first kappa shape index (κ1) is 16.4. The Labute approximate surface area is 106 Å². The van der Waals surface area contributed by atoms with Crippen LogP contribution >= 0.6 is 0 Å². The van der Waals surface area contributed by atoms with Gasteiger partial charge in [-0.1, -0.05) is 45.8 Å². The molecule has 2 heteroatoms. The lowest BCUT2D eigenvalue weighted by molar-refractivity contribution is -0.126. The summed E-state index contributed by atoms with van der Waals surface area (Å²) in [6.07, 6.45) is 9.82. The zero-order valence-corrected chi connectivity index (χ0v) is 11.6. The van der Waals surface area contributed by atoms with Crippen LogP contribution in [0.4, 0.5) is 0 Å². The molecule has 0 aromatic carbocycles. The summed E-state index contributed by atoms with van der Waals surface area (Å²) in [6.45, 7) is 6.09. The van der Waals surface area contributed by atoms with Crippen molar-refractivity contribution in [3.05, 3.63) is 12.2 Å². The maximum Gasteiger partial charge on any atom is 0.138 e. The molecule has 0 bridgehead atoms. The first-order valence-electron chi connectivity index (χ1n) is 7.03. The summed E-state index contributed by atoms with van der Waals surface area (Å²) in [5.41, 5.74) is 0. The molecule has 0 aliphatic heterocycles. The SMILES string of the molecule is CC/C=C/CCC(O)C(CCCC)C(=O)CC. The Morgan fingerprint density at radius 3 is 2.41 bits per heavy atom. The standard InChI is InChI=1S/C15H28O2/c1-4-7-9-10-12-15(17)13(11-8-5-2)14(16)6-3/h7,9,13,15,17H,4-6,8,10-12H2,1-3H3/b9-7+. The van der Waals surface area contributed by atoms with E-state index in [1.165, 1.54) is 0 Å². The number of allylic oxidation sites excluding steroid dienone is 2. The lowest BCUT2D eigenvalue weighted by Gasteiger charge is -2.20. The van der Waals surface area contributed by atoms with Crippen molar-refractivity contribution in [2.24, 2.45) is 5.92 Å². The average molecular weight is 240 g/mol. The summed E-state index contributed by atoms with van der Waals surface area (Å²) >= 11 is 0. The Hall–Kier alpha value is -0.630. The van der Waals surface area contributed by atoms with E-state index in [0.29, 0.717) is 12.8 Å². The predicted molar refractivity (Wildman–Crippen MR) is 73.0 cm³/mol. The second-order valence-corrected chi connectivity index (χ2v) is 4.59. The van der Waals surface area contributed by atoms with Crippen molar-refractivity contribution in [3.8, 4) is 0 Å². The lowest BCUT2D eigenvalue weighted by Crippen LogP contribution is -2.27. The van der Waals surface area contributed by atoms with Crippen molar-refractivity contribution in [1.29, 1.82) is 0 Å². The van der Waals surface area contributed by atoms with Gasteiger partial charge in [-0.25, -0.2) is 0 Å². The molecule has 0 aromatic rings. The fourth-order valence-electron chi connectivity index (χ4n) is 2.01. The van der Waals surface area contributed by atoms with Crippen LogP contribution in [0.2, 0.25) is 0 Å². The van der Waals surface area contributed by atoms with Crippen LogP contribution < -0.4 is 0 Å². The van der Waals surface area contributed by atoms with Crippen molar-refractivity contribution in [1.82, 2.24) is 0 Å². The van der Waals surface area contributed by atoms with Crippen LogP contribution in [0, 0.1) is 5.92 Å². The van der Waals surface area contributed by atoms with Gasteiger partial charge in [0, 0.05) is 12.3 Å². The molecule has 17 heavy (non-hydrogen) atoms. The third-order valence-electron chi connectivity index (χ3n) is 3.13. The van der Waals surface area contributed by atoms with E-state index in [1.54, 1.807) is 0 Å². The molecule has 0 aliphatic rings. The molecule has 0 saturated heterocycles. The van der Waals surface area contributed by atoms with Gasteiger partial charge in [0.15, 0.2) is 0 Å². The van der Waals surface area contributed by atoms with E-state index in [2.05, 4.69) is 26.0 Å². The number of carbonyl (C=O) groups excluding carboxylic acids is 1. The summed E-state index contributed by atoms with van der Waals surface area (Å²) in [5.74, 6) is 0.0698. The monoisotopic (exact) mass is 240 g/mol. The molecule has 0 amide bonds. The zero-order valence-electron chi connectivity index (χ0n) is 11.6. The van der Waals surface area contributed by atoms with E-state index in [4.69, 9.17) is 0 Å². The first-order valence-corrected chi connectivity index (χ1v) is 7.03. The third-order valence-corrected chi connectivity index (χ3v) is 3.13. The van der Waals surface area contributed by atoms with Gasteiger partial charge in [-0.2, -0.15) is 0 Å². The molecular weight excluding hydrogens is 212 g/mol. The van der Waals surface area contributed by atoms with Crippen LogP contribution in [0.1, 0.15) is 65.7 Å². The van der Waals surface area contributed by atoms with Crippen LogP contribution in [0.25, 0.3) is 0 Å². The number of hydrogen-bond donors (Lipinski definition) is 1. The molecule has 100 valence electrons. The van der Waals surface area contributed by atoms with Crippen LogP contribution in [0.3, 0.4) is 0 Å². The van der Waals surface area contributed by atoms with Gasteiger partial charge in [-0.15, -0.1) is 0 Å². The fourth-order valence-corrected chi connectivity index (χ4v) is 2.01. The summed E-state index contributed by atoms with van der Waals surface area (Å²) in [5, 5.41) is 10.1. The molecule has 0 heterocycles. The first-order chi connectivity index (χ1) is 8.17. The van der Waals surface area contributed by atoms with Gasteiger partial charge >= 0.3 is 0 Å². The number of rotatable bonds is 10. The number of Topliss-reactive ketones (excluding diaryl/α,β-unsaturated/α-hetero) is 1. The summed E-state index contributed by atoms with van der Waals surface area (Å²) in [7, 11) is 0. The molecule has 0 rings (SSSR count). The Kier molecular flexibility index (Phi) is 10.1. The highest BCUT2D eigenvalue weighted by Crippen LogP contribution is 2.19. The van der Waals surface area contributed by atoms with Crippen molar-refractivity contribution < 1.29 is 9.90 Å². The average Bonchev–Trinajstić information content (AvgIpc) is 2.34. The normalized spacial score (nSPS) is 15.1. The highest BCUT2D eigenvalue weighted by atomic mass is 16.3. The van der Waals surface area contributed by atoms with Crippen molar-refractivity contribution >= 4 is 5.78 Å². The molecule has 0 radical (unpaired) electrons. The quantitative estimate of drug-likeness (QED) is 0.588. The lowest BCUT2D eigenvalue weighted by atomic mass is 9.88. The van der Waals surface area contributed by atoms with Gasteiger partial charge in [0.25, 0.3) is 0 Å². The minimum absolute atomic E-state index is 0.144. The number of aliphatic hydroxyl groups is 1. The largest absolute Gasteiger partial charge is 0.392 e. The minimum Gasteiger partial charge on any atom is -0.392 e. The molecule has 0 spiro atoms. The Morgan fingerprint density at radius 2 is 1.88 bits per heavy atom. The molecule has 0 aliphatic carbocycles. The van der Waals surface area contributed by atoms with Gasteiger partial charge in [-0.3, -0.25) is 4.79 Å². The van der Waals surface area contributed by atoms with Crippen molar-refractivity contribution in [3.63, 3.8) is 0 Å². The van der Waals surface area contributed by atoms with E-state index < -0.39 is 6.10 Å². The highest BCUT2D eigenvalue weighted by Gasteiger charge is 2.23. The molecule has 2 nitrogen and oxygen atoms in total. The number of ketones is 1. The number of hydrogen-bond acceptors (Lipinski definition) is 2. The van der Waals surface area contributed by atoms with E-state index in [-0.39, 0.29) is 11.7 Å². The van der Waals surface area contributed by atoms with Gasteiger partial charge in [0.2, 0.25) is 0 Å². The Morgan fingerprint density at radius 1 is 1.18 bits per heavy atom. The Bertz CT molecular complexity index is 221. The number of carbonyl (C=O) groups is 1. The van der Waals surface area contributed by atoms with Gasteiger partial charge in [-0.05, 0) is 25.7 Å². The van der Waals surface area contributed by atoms with Gasteiger partial charge in [0.1, 0.15) is 5.78 Å². The molecule has 0 aromatic heterocycles. The number of aliphatic hydroxyl groups excluding tert-OH is 1. The topological polar surface area (TPSA) is 37.3 Å². The Balaban J connectivity index is 4.16. The second kappa shape index (κ2) is 10.5. The minimum atomic E-state index is -0.462.